The Morgan fingerprint density at radius 3 is 2.88 bits per heavy atom. The van der Waals surface area contributed by atoms with Crippen LogP contribution in [0.2, 0.25) is 0 Å². The van der Waals surface area contributed by atoms with E-state index in [-0.39, 0.29) is 5.82 Å². The summed E-state index contributed by atoms with van der Waals surface area (Å²) in [6.45, 7) is 0. The maximum atomic E-state index is 13.9. The molecule has 0 fully saturated rings. The number of nitrogens with one attached hydrogen (secondary N) is 1. The van der Waals surface area contributed by atoms with Crippen molar-refractivity contribution in [3.8, 4) is 22.9 Å². The van der Waals surface area contributed by atoms with Crippen molar-refractivity contribution in [3.05, 3.63) is 53.6 Å². The number of nitrogens with zero attached hydrogens (tertiary/aromatic N) is 2. The summed E-state index contributed by atoms with van der Waals surface area (Å²) >= 11 is 0. The van der Waals surface area contributed by atoms with Gasteiger partial charge in [-0.15, -0.1) is 0 Å². The number of H-pyrrole nitrogens is 1. The molecule has 0 radical (unpaired) electrons. The van der Waals surface area contributed by atoms with Gasteiger partial charge in [0.2, 0.25) is 0 Å². The maximum absolute atomic E-state index is 13.9. The van der Waals surface area contributed by atoms with Gasteiger partial charge in [-0.05, 0) is 55.5 Å². The molecule has 0 bridgehead atoms. The zero-order valence-corrected chi connectivity index (χ0v) is 14.5. The molecule has 0 saturated heterocycles. The van der Waals surface area contributed by atoms with Crippen LogP contribution in [-0.2, 0) is 0 Å². The van der Waals surface area contributed by atoms with Crippen molar-refractivity contribution in [3.63, 3.8) is 0 Å². The molecule has 4 nitrogen and oxygen atoms in total. The number of fused-ring (bicyclic) bond motifs is 1. The number of benzene rings is 1. The Kier molecular flexibility index (Phi) is 4.18. The average Bonchev–Trinajstić information content (AvgIpc) is 3.12. The van der Waals surface area contributed by atoms with E-state index in [4.69, 9.17) is 4.74 Å². The lowest BCUT2D eigenvalue weighted by molar-refractivity contribution is 0.415. The minimum Gasteiger partial charge on any atom is -0.496 e. The van der Waals surface area contributed by atoms with Crippen LogP contribution in [0.1, 0.15) is 36.9 Å². The van der Waals surface area contributed by atoms with Crippen molar-refractivity contribution in [2.45, 2.75) is 25.7 Å². The van der Waals surface area contributed by atoms with Gasteiger partial charge in [0, 0.05) is 28.4 Å². The van der Waals surface area contributed by atoms with Crippen molar-refractivity contribution >= 4 is 16.6 Å². The lowest BCUT2D eigenvalue weighted by Crippen LogP contribution is -1.93. The molecular weight excluding hydrogens is 329 g/mol. The quantitative estimate of drug-likeness (QED) is 0.708. The molecule has 1 aliphatic rings. The van der Waals surface area contributed by atoms with Gasteiger partial charge in [0.05, 0.1) is 12.7 Å². The first-order chi connectivity index (χ1) is 12.7. The highest BCUT2D eigenvalue weighted by atomic mass is 19.1. The fourth-order valence-corrected chi connectivity index (χ4v) is 3.58. The minimum absolute atomic E-state index is 0.375. The smallest absolute Gasteiger partial charge is 0.138 e. The molecule has 5 heteroatoms. The number of hydrogen-bond donors (Lipinski definition) is 1. The molecule has 0 unspecified atom stereocenters. The summed E-state index contributed by atoms with van der Waals surface area (Å²) in [5.74, 6) is 0.149. The molecule has 0 aliphatic heterocycles. The Labute approximate surface area is 150 Å². The first-order valence-electron chi connectivity index (χ1n) is 8.66. The van der Waals surface area contributed by atoms with E-state index in [1.54, 1.807) is 6.07 Å². The zero-order valence-electron chi connectivity index (χ0n) is 14.5. The van der Waals surface area contributed by atoms with E-state index in [9.17, 15) is 9.65 Å². The number of aromatic amines is 1. The molecule has 26 heavy (non-hydrogen) atoms. The molecule has 2 aromatic heterocycles. The van der Waals surface area contributed by atoms with E-state index in [0.29, 0.717) is 28.1 Å². The topological polar surface area (TPSA) is 61.7 Å². The molecule has 1 aromatic carbocycles. The van der Waals surface area contributed by atoms with Gasteiger partial charge >= 0.3 is 0 Å². The summed E-state index contributed by atoms with van der Waals surface area (Å²) in [6.07, 6.45) is 8.26. The number of methoxy groups -OCH3 is 1. The van der Waals surface area contributed by atoms with Crippen LogP contribution in [0.4, 0.5) is 4.39 Å². The predicted molar refractivity (Wildman–Crippen MR) is 99.2 cm³/mol. The van der Waals surface area contributed by atoms with E-state index >= 15 is 0 Å². The van der Waals surface area contributed by atoms with Crippen molar-refractivity contribution in [1.82, 2.24) is 9.97 Å². The van der Waals surface area contributed by atoms with Crippen LogP contribution >= 0.6 is 0 Å². The second-order valence-corrected chi connectivity index (χ2v) is 6.42. The molecule has 1 N–H and O–H groups in total. The van der Waals surface area contributed by atoms with Crippen LogP contribution in [0.3, 0.4) is 0 Å². The number of nitriles is 1. The Morgan fingerprint density at radius 1 is 1.27 bits per heavy atom. The van der Waals surface area contributed by atoms with Crippen LogP contribution < -0.4 is 4.74 Å². The van der Waals surface area contributed by atoms with E-state index in [1.807, 2.05) is 6.07 Å². The predicted octanol–water partition coefficient (Wildman–Crippen LogP) is 5.21. The van der Waals surface area contributed by atoms with Crippen molar-refractivity contribution in [2.75, 3.05) is 7.11 Å². The van der Waals surface area contributed by atoms with Gasteiger partial charge < -0.3 is 9.72 Å². The van der Waals surface area contributed by atoms with Gasteiger partial charge in [0.1, 0.15) is 23.3 Å². The fraction of sp³-hybridized carbons (Fsp3) is 0.238. The van der Waals surface area contributed by atoms with Gasteiger partial charge in [0.15, 0.2) is 0 Å². The Balaban J connectivity index is 1.99. The summed E-state index contributed by atoms with van der Waals surface area (Å²) in [5.41, 5.74) is 4.56. The molecule has 130 valence electrons. The molecule has 4 rings (SSSR count). The lowest BCUT2D eigenvalue weighted by atomic mass is 9.95. The van der Waals surface area contributed by atoms with Crippen molar-refractivity contribution < 1.29 is 9.13 Å². The number of rotatable bonds is 3. The number of ether oxygens (including phenoxy) is 1. The third-order valence-electron chi connectivity index (χ3n) is 4.85. The Morgan fingerprint density at radius 2 is 2.15 bits per heavy atom. The monoisotopic (exact) mass is 347 g/mol. The summed E-state index contributed by atoms with van der Waals surface area (Å²) in [5, 5.41) is 10.4. The third-order valence-corrected chi connectivity index (χ3v) is 4.85. The summed E-state index contributed by atoms with van der Waals surface area (Å²) in [4.78, 5) is 7.75. The van der Waals surface area contributed by atoms with E-state index in [1.165, 1.54) is 43.9 Å². The van der Waals surface area contributed by atoms with Crippen LogP contribution in [0, 0.1) is 17.1 Å². The normalized spacial score (nSPS) is 14.1. The number of allylic oxidation sites excluding steroid dienone is 2. The average molecular weight is 347 g/mol. The molecule has 0 amide bonds. The second kappa shape index (κ2) is 6.64. The SMILES string of the molecule is COc1ccc(F)cc1-c1c(C#N)cnc2[nH]c(C3=CCCCC3)cc12. The van der Waals surface area contributed by atoms with Gasteiger partial charge in [-0.25, -0.2) is 9.37 Å². The summed E-state index contributed by atoms with van der Waals surface area (Å²) < 4.78 is 19.3. The maximum Gasteiger partial charge on any atom is 0.138 e. The third kappa shape index (κ3) is 2.74. The zero-order chi connectivity index (χ0) is 18.1. The largest absolute Gasteiger partial charge is 0.496 e. The van der Waals surface area contributed by atoms with Gasteiger partial charge in [-0.1, -0.05) is 6.08 Å². The fourth-order valence-electron chi connectivity index (χ4n) is 3.58. The Bertz CT molecular complexity index is 1060. The second-order valence-electron chi connectivity index (χ2n) is 6.42. The van der Waals surface area contributed by atoms with Crippen LogP contribution in [0.25, 0.3) is 27.7 Å². The minimum atomic E-state index is -0.375. The van der Waals surface area contributed by atoms with Crippen LogP contribution in [0.5, 0.6) is 5.75 Å². The summed E-state index contributed by atoms with van der Waals surface area (Å²) in [6, 6.07) is 8.52. The summed E-state index contributed by atoms with van der Waals surface area (Å²) in [7, 11) is 1.54. The van der Waals surface area contributed by atoms with Crippen molar-refractivity contribution in [1.29, 1.82) is 5.26 Å². The molecule has 1 aliphatic carbocycles. The molecule has 3 aromatic rings. The molecule has 2 heterocycles. The molecule has 0 saturated carbocycles. The van der Waals surface area contributed by atoms with Crippen molar-refractivity contribution in [2.24, 2.45) is 0 Å². The highest BCUT2D eigenvalue weighted by molar-refractivity contribution is 5.99. The molecule has 0 atom stereocenters. The standard InChI is InChI=1S/C21H18FN3O/c1-26-19-8-7-15(22)9-16(19)20-14(11-23)12-24-21-17(20)10-18(25-21)13-5-3-2-4-6-13/h5,7-10,12H,2-4,6H2,1H3,(H,24,25). The highest BCUT2D eigenvalue weighted by Gasteiger charge is 2.19. The number of pyridine rings is 1. The van der Waals surface area contributed by atoms with E-state index in [2.05, 4.69) is 22.1 Å². The molecular formula is C21H18FN3O. The number of halogens is 1. The van der Waals surface area contributed by atoms with Gasteiger partial charge in [0.25, 0.3) is 0 Å². The first-order valence-corrected chi connectivity index (χ1v) is 8.66. The highest BCUT2D eigenvalue weighted by Crippen LogP contribution is 2.39. The lowest BCUT2D eigenvalue weighted by Gasteiger charge is -2.11. The first kappa shape index (κ1) is 16.3. The van der Waals surface area contributed by atoms with Crippen LogP contribution in [-0.4, -0.2) is 17.1 Å². The van der Waals surface area contributed by atoms with E-state index in [0.717, 1.165) is 23.9 Å². The number of hydrogen-bond acceptors (Lipinski definition) is 3. The Hall–Kier alpha value is -3.13. The molecule has 0 spiro atoms. The van der Waals surface area contributed by atoms with Gasteiger partial charge in [-0.3, -0.25) is 0 Å². The number of aromatic nitrogens is 2. The van der Waals surface area contributed by atoms with E-state index < -0.39 is 0 Å². The van der Waals surface area contributed by atoms with Crippen LogP contribution in [0.15, 0.2) is 36.5 Å². The van der Waals surface area contributed by atoms with Gasteiger partial charge in [-0.2, -0.15) is 5.26 Å².